The molecule has 3 rings (SSSR count). The van der Waals surface area contributed by atoms with Gasteiger partial charge in [0.25, 0.3) is 0 Å². The third kappa shape index (κ3) is 3.09. The molecule has 0 unspecified atom stereocenters. The highest BCUT2D eigenvalue weighted by atomic mass is 35.5. The summed E-state index contributed by atoms with van der Waals surface area (Å²) < 4.78 is 0. The number of carbonyl (C=O) groups is 1. The summed E-state index contributed by atoms with van der Waals surface area (Å²) in [6.45, 7) is 3.74. The minimum Gasteiger partial charge on any atom is -0.369 e. The Morgan fingerprint density at radius 1 is 1.24 bits per heavy atom. The summed E-state index contributed by atoms with van der Waals surface area (Å²) in [4.78, 5) is 19.7. The molecule has 0 atom stereocenters. The highest BCUT2D eigenvalue weighted by molar-refractivity contribution is 6.31. The molecule has 1 amide bonds. The largest absolute Gasteiger partial charge is 0.369 e. The van der Waals surface area contributed by atoms with Crippen LogP contribution in [0.1, 0.15) is 0 Å². The average molecular weight is 305 g/mol. The van der Waals surface area contributed by atoms with Crippen molar-refractivity contribution in [2.24, 2.45) is 5.73 Å². The molecule has 0 saturated carbocycles. The molecular weight excluding hydrogens is 288 g/mol. The number of pyridine rings is 1. The molecule has 0 aliphatic carbocycles. The van der Waals surface area contributed by atoms with Gasteiger partial charge in [-0.2, -0.15) is 0 Å². The first kappa shape index (κ1) is 14.1. The van der Waals surface area contributed by atoms with E-state index in [1.165, 1.54) is 0 Å². The van der Waals surface area contributed by atoms with Crippen LogP contribution >= 0.6 is 11.6 Å². The molecule has 21 heavy (non-hydrogen) atoms. The lowest BCUT2D eigenvalue weighted by molar-refractivity contribution is -0.119. The molecule has 110 valence electrons. The van der Waals surface area contributed by atoms with Gasteiger partial charge in [-0.15, -0.1) is 0 Å². The highest BCUT2D eigenvalue weighted by Gasteiger charge is 2.19. The van der Waals surface area contributed by atoms with Crippen molar-refractivity contribution in [1.82, 2.24) is 9.88 Å². The molecule has 5 nitrogen and oxygen atoms in total. The van der Waals surface area contributed by atoms with E-state index >= 15 is 0 Å². The van der Waals surface area contributed by atoms with Crippen LogP contribution in [0.2, 0.25) is 5.02 Å². The number of primary amides is 1. The van der Waals surface area contributed by atoms with Gasteiger partial charge in [-0.1, -0.05) is 11.6 Å². The van der Waals surface area contributed by atoms with Crippen molar-refractivity contribution >= 4 is 34.1 Å². The summed E-state index contributed by atoms with van der Waals surface area (Å²) in [5, 5.41) is 1.80. The van der Waals surface area contributed by atoms with E-state index in [4.69, 9.17) is 17.3 Å². The van der Waals surface area contributed by atoms with Gasteiger partial charge in [0.15, 0.2) is 0 Å². The fraction of sp³-hybridized carbons (Fsp3) is 0.333. The van der Waals surface area contributed by atoms with Gasteiger partial charge in [-0.05, 0) is 24.3 Å². The monoisotopic (exact) mass is 304 g/mol. The zero-order valence-corrected chi connectivity index (χ0v) is 12.4. The van der Waals surface area contributed by atoms with Crippen LogP contribution in [0.4, 0.5) is 5.69 Å². The maximum atomic E-state index is 11.0. The maximum Gasteiger partial charge on any atom is 0.231 e. The lowest BCUT2D eigenvalue weighted by atomic mass is 10.1. The lowest BCUT2D eigenvalue weighted by Crippen LogP contribution is -2.48. The minimum atomic E-state index is -0.271. The first-order chi connectivity index (χ1) is 10.1. The van der Waals surface area contributed by atoms with E-state index in [2.05, 4.69) is 14.8 Å². The number of rotatable bonds is 3. The summed E-state index contributed by atoms with van der Waals surface area (Å²) in [6, 6.07) is 7.80. The Morgan fingerprint density at radius 2 is 2.00 bits per heavy atom. The number of piperazine rings is 1. The number of benzene rings is 1. The first-order valence-corrected chi connectivity index (χ1v) is 7.31. The van der Waals surface area contributed by atoms with Crippen LogP contribution in [0.3, 0.4) is 0 Å². The van der Waals surface area contributed by atoms with Crippen molar-refractivity contribution in [3.05, 3.63) is 35.5 Å². The van der Waals surface area contributed by atoms with Crippen molar-refractivity contribution in [3.63, 3.8) is 0 Å². The van der Waals surface area contributed by atoms with Crippen molar-refractivity contribution in [2.75, 3.05) is 37.6 Å². The van der Waals surface area contributed by atoms with Gasteiger partial charge < -0.3 is 10.6 Å². The normalized spacial score (nSPS) is 16.3. The summed E-state index contributed by atoms with van der Waals surface area (Å²) >= 11 is 6.02. The van der Waals surface area contributed by atoms with E-state index in [1.807, 2.05) is 30.5 Å². The molecule has 0 spiro atoms. The molecular formula is C15H17ClN4O. The van der Waals surface area contributed by atoms with Gasteiger partial charge in [0.1, 0.15) is 0 Å². The number of halogens is 1. The summed E-state index contributed by atoms with van der Waals surface area (Å²) in [5.74, 6) is -0.271. The van der Waals surface area contributed by atoms with E-state index < -0.39 is 0 Å². The molecule has 1 aliphatic heterocycles. The predicted molar refractivity (Wildman–Crippen MR) is 84.6 cm³/mol. The molecule has 2 aromatic rings. The number of hydrogen-bond donors (Lipinski definition) is 1. The van der Waals surface area contributed by atoms with Crippen LogP contribution in [0, 0.1) is 0 Å². The number of nitrogens with zero attached hydrogens (tertiary/aromatic N) is 3. The van der Waals surface area contributed by atoms with Gasteiger partial charge >= 0.3 is 0 Å². The molecule has 0 bridgehead atoms. The number of nitrogens with two attached hydrogens (primary N) is 1. The highest BCUT2D eigenvalue weighted by Crippen LogP contribution is 2.28. The van der Waals surface area contributed by atoms with E-state index in [0.717, 1.165) is 42.8 Å². The average Bonchev–Trinajstić information content (AvgIpc) is 2.46. The van der Waals surface area contributed by atoms with Gasteiger partial charge in [0.2, 0.25) is 5.91 Å². The first-order valence-electron chi connectivity index (χ1n) is 6.93. The van der Waals surface area contributed by atoms with Gasteiger partial charge in [0, 0.05) is 48.5 Å². The minimum absolute atomic E-state index is 0.271. The Bertz CT molecular complexity index is 668. The Hall–Kier alpha value is -1.85. The molecule has 6 heteroatoms. The molecule has 2 heterocycles. The van der Waals surface area contributed by atoms with E-state index in [0.29, 0.717) is 11.6 Å². The van der Waals surface area contributed by atoms with Gasteiger partial charge in [-0.3, -0.25) is 14.7 Å². The molecule has 1 aromatic heterocycles. The van der Waals surface area contributed by atoms with Gasteiger partial charge in [-0.25, -0.2) is 0 Å². The van der Waals surface area contributed by atoms with Crippen LogP contribution in [0.15, 0.2) is 30.5 Å². The third-order valence-electron chi connectivity index (χ3n) is 3.77. The second-order valence-electron chi connectivity index (χ2n) is 5.22. The van der Waals surface area contributed by atoms with Crippen LogP contribution < -0.4 is 10.6 Å². The number of fused-ring (bicyclic) bond motifs is 1. The Kier molecular flexibility index (Phi) is 3.94. The number of carbonyl (C=O) groups excluding carboxylic acids is 1. The van der Waals surface area contributed by atoms with E-state index in [1.54, 1.807) is 0 Å². The third-order valence-corrected chi connectivity index (χ3v) is 4.01. The molecule has 1 aromatic carbocycles. The smallest absolute Gasteiger partial charge is 0.231 e. The van der Waals surface area contributed by atoms with Crippen molar-refractivity contribution in [3.8, 4) is 0 Å². The van der Waals surface area contributed by atoms with E-state index in [9.17, 15) is 4.79 Å². The molecule has 2 N–H and O–H groups in total. The SMILES string of the molecule is NC(=O)CN1CCN(c2ccnc3cc(Cl)ccc23)CC1. The van der Waals surface area contributed by atoms with Crippen molar-refractivity contribution in [2.45, 2.75) is 0 Å². The van der Waals surface area contributed by atoms with Crippen LogP contribution in [-0.2, 0) is 4.79 Å². The van der Waals surface area contributed by atoms with Crippen LogP contribution in [-0.4, -0.2) is 48.5 Å². The standard InChI is InChI=1S/C15H17ClN4O/c16-11-1-2-12-13(9-11)18-4-3-14(12)20-7-5-19(6-8-20)10-15(17)21/h1-4,9H,5-8,10H2,(H2,17,21). The number of aromatic nitrogens is 1. The zero-order valence-electron chi connectivity index (χ0n) is 11.6. The Morgan fingerprint density at radius 3 is 2.71 bits per heavy atom. The number of anilines is 1. The topological polar surface area (TPSA) is 62.5 Å². The summed E-state index contributed by atoms with van der Waals surface area (Å²) in [6.07, 6.45) is 1.81. The Balaban J connectivity index is 1.81. The second-order valence-corrected chi connectivity index (χ2v) is 5.66. The summed E-state index contributed by atoms with van der Waals surface area (Å²) in [7, 11) is 0. The quantitative estimate of drug-likeness (QED) is 0.933. The van der Waals surface area contributed by atoms with Crippen LogP contribution in [0.25, 0.3) is 10.9 Å². The molecule has 1 fully saturated rings. The number of hydrogen-bond acceptors (Lipinski definition) is 4. The Labute approximate surface area is 128 Å². The lowest BCUT2D eigenvalue weighted by Gasteiger charge is -2.35. The van der Waals surface area contributed by atoms with Crippen molar-refractivity contribution < 1.29 is 4.79 Å². The van der Waals surface area contributed by atoms with Crippen LogP contribution in [0.5, 0.6) is 0 Å². The number of amides is 1. The molecule has 1 saturated heterocycles. The fourth-order valence-corrected chi connectivity index (χ4v) is 2.92. The zero-order chi connectivity index (χ0) is 14.8. The molecule has 0 radical (unpaired) electrons. The fourth-order valence-electron chi connectivity index (χ4n) is 2.75. The maximum absolute atomic E-state index is 11.0. The summed E-state index contributed by atoms with van der Waals surface area (Å²) in [5.41, 5.74) is 7.31. The van der Waals surface area contributed by atoms with E-state index in [-0.39, 0.29) is 5.91 Å². The van der Waals surface area contributed by atoms with Gasteiger partial charge in [0.05, 0.1) is 12.1 Å². The second kappa shape index (κ2) is 5.87. The predicted octanol–water partition coefficient (Wildman–Crippen LogP) is 1.50. The molecule has 1 aliphatic rings. The van der Waals surface area contributed by atoms with Crippen molar-refractivity contribution in [1.29, 1.82) is 0 Å².